The van der Waals surface area contributed by atoms with Crippen molar-refractivity contribution < 1.29 is 19.1 Å². The molecule has 13 heteroatoms. The van der Waals surface area contributed by atoms with Gasteiger partial charge in [-0.3, -0.25) is 14.5 Å². The highest BCUT2D eigenvalue weighted by Crippen LogP contribution is 2.30. The summed E-state index contributed by atoms with van der Waals surface area (Å²) in [6.07, 6.45) is 3.67. The number of amides is 3. The Morgan fingerprint density at radius 2 is 1.36 bits per heavy atom. The van der Waals surface area contributed by atoms with Gasteiger partial charge in [0.25, 0.3) is 0 Å². The van der Waals surface area contributed by atoms with Crippen LogP contribution in [0.1, 0.15) is 43.5 Å². The molecule has 0 aliphatic carbocycles. The van der Waals surface area contributed by atoms with Crippen molar-refractivity contribution in [3.05, 3.63) is 121 Å². The first-order chi connectivity index (χ1) is 28.1. The number of carbonyl (C=O) groups excluding carboxylic acids is 3. The number of nitriles is 1. The van der Waals surface area contributed by atoms with Gasteiger partial charge in [-0.2, -0.15) is 5.26 Å². The number of fused-ring (bicyclic) bond motifs is 1. The van der Waals surface area contributed by atoms with Gasteiger partial charge in [0.1, 0.15) is 24.2 Å². The maximum atomic E-state index is 14.0. The summed E-state index contributed by atoms with van der Waals surface area (Å²) in [6, 6.07) is 32.4. The molecule has 0 bridgehead atoms. The van der Waals surface area contributed by atoms with E-state index in [1.165, 1.54) is 7.11 Å². The van der Waals surface area contributed by atoms with Crippen molar-refractivity contribution in [2.45, 2.75) is 39.4 Å². The summed E-state index contributed by atoms with van der Waals surface area (Å²) >= 11 is 0. The number of imidazole rings is 2. The number of aromatic amines is 2. The standard InChI is InChI=1S/C45H49N9O4/c1-6-20-53(42(55)26-49-45(57)58-5)28-40-48-25-39(51-40)37-19-18-35-21-34(16-17-36(35)22-37)31-12-14-32(15-13-31)38-24-47-41(50-38)29-54(27-30(2)23-46)44(56)43(52(3)4)33-10-8-7-9-11-33/h7-19,21-22,24-25,30,43H,6,20,26-29H2,1-5H3,(H,47,50)(H,48,51)(H,49,57). The highest BCUT2D eigenvalue weighted by molar-refractivity contribution is 5.90. The van der Waals surface area contributed by atoms with Crippen molar-refractivity contribution in [3.63, 3.8) is 0 Å². The van der Waals surface area contributed by atoms with Gasteiger partial charge >= 0.3 is 6.09 Å². The number of aromatic nitrogens is 4. The maximum Gasteiger partial charge on any atom is 0.407 e. The molecule has 6 aromatic rings. The minimum Gasteiger partial charge on any atom is -0.453 e. The van der Waals surface area contributed by atoms with Crippen molar-refractivity contribution in [1.82, 2.24) is 40.0 Å². The molecule has 0 radical (unpaired) electrons. The normalized spacial score (nSPS) is 12.2. The second kappa shape index (κ2) is 18.9. The first kappa shape index (κ1) is 40.9. The number of carbonyl (C=O) groups is 3. The van der Waals surface area contributed by atoms with Crippen molar-refractivity contribution in [2.24, 2.45) is 5.92 Å². The van der Waals surface area contributed by atoms with Crippen molar-refractivity contribution in [3.8, 4) is 39.7 Å². The smallest absolute Gasteiger partial charge is 0.407 e. The zero-order valence-electron chi connectivity index (χ0n) is 33.5. The van der Waals surface area contributed by atoms with E-state index < -0.39 is 12.1 Å². The van der Waals surface area contributed by atoms with Crippen LogP contribution in [-0.4, -0.2) is 93.4 Å². The Morgan fingerprint density at radius 3 is 1.97 bits per heavy atom. The van der Waals surface area contributed by atoms with E-state index in [1.807, 2.05) is 63.2 Å². The molecule has 6 rings (SSSR count). The van der Waals surface area contributed by atoms with Crippen LogP contribution in [0.15, 0.2) is 103 Å². The van der Waals surface area contributed by atoms with Gasteiger partial charge in [0.2, 0.25) is 11.8 Å². The first-order valence-corrected chi connectivity index (χ1v) is 19.3. The van der Waals surface area contributed by atoms with Gasteiger partial charge in [-0.05, 0) is 72.6 Å². The van der Waals surface area contributed by atoms with Crippen LogP contribution in [0, 0.1) is 17.2 Å². The number of hydrogen-bond acceptors (Lipinski definition) is 8. The van der Waals surface area contributed by atoms with Gasteiger partial charge in [0, 0.05) is 18.7 Å². The monoisotopic (exact) mass is 779 g/mol. The fourth-order valence-corrected chi connectivity index (χ4v) is 6.94. The second-order valence-electron chi connectivity index (χ2n) is 14.5. The molecule has 3 N–H and O–H groups in total. The summed E-state index contributed by atoms with van der Waals surface area (Å²) in [7, 11) is 5.03. The Kier molecular flexibility index (Phi) is 13.3. The number of H-pyrrole nitrogens is 2. The van der Waals surface area contributed by atoms with Crippen LogP contribution < -0.4 is 5.32 Å². The topological polar surface area (TPSA) is 163 Å². The van der Waals surface area contributed by atoms with Crippen molar-refractivity contribution in [1.29, 1.82) is 5.26 Å². The quantitative estimate of drug-likeness (QED) is 0.0931. The molecule has 0 aliphatic heterocycles. The van der Waals surface area contributed by atoms with Gasteiger partial charge in [-0.15, -0.1) is 0 Å². The summed E-state index contributed by atoms with van der Waals surface area (Å²) in [5, 5.41) is 14.2. The van der Waals surface area contributed by atoms with E-state index in [1.54, 1.807) is 22.2 Å². The van der Waals surface area contributed by atoms with E-state index in [2.05, 4.69) is 96.7 Å². The number of likely N-dealkylation sites (N-methyl/N-ethyl adjacent to an activating group) is 1. The summed E-state index contributed by atoms with van der Waals surface area (Å²) in [4.78, 5) is 59.3. The fourth-order valence-electron chi connectivity index (χ4n) is 6.94. The van der Waals surface area contributed by atoms with Gasteiger partial charge in [-0.1, -0.05) is 85.8 Å². The second-order valence-corrected chi connectivity index (χ2v) is 14.5. The lowest BCUT2D eigenvalue weighted by Crippen LogP contribution is -2.42. The van der Waals surface area contributed by atoms with Crippen LogP contribution >= 0.6 is 0 Å². The Labute approximate surface area is 338 Å². The molecule has 2 heterocycles. The summed E-state index contributed by atoms with van der Waals surface area (Å²) in [6.45, 7) is 5.02. The molecule has 58 heavy (non-hydrogen) atoms. The highest BCUT2D eigenvalue weighted by atomic mass is 16.5. The molecule has 0 spiro atoms. The van der Waals surface area contributed by atoms with E-state index in [4.69, 9.17) is 0 Å². The van der Waals surface area contributed by atoms with Gasteiger partial charge in [0.15, 0.2) is 0 Å². The minimum atomic E-state index is -0.649. The van der Waals surface area contributed by atoms with Crippen LogP contribution in [0.3, 0.4) is 0 Å². The lowest BCUT2D eigenvalue weighted by molar-refractivity contribution is -0.137. The lowest BCUT2D eigenvalue weighted by atomic mass is 9.98. The SMILES string of the molecule is CCCN(Cc1ncc(-c2ccc3cc(-c4ccc(-c5cnc(CN(CC(C)C#N)C(=O)C(c6ccccc6)N(C)C)[nH]5)cc4)ccc3c2)[nH]1)C(=O)CNC(=O)OC. The number of ether oxygens (including phenoxy) is 1. The number of rotatable bonds is 16. The van der Waals surface area contributed by atoms with E-state index >= 15 is 0 Å². The van der Waals surface area contributed by atoms with Gasteiger partial charge < -0.3 is 29.8 Å². The Hall–Kier alpha value is -6.78. The zero-order chi connectivity index (χ0) is 41.2. The summed E-state index contributed by atoms with van der Waals surface area (Å²) in [5.74, 6) is 0.644. The number of benzene rings is 4. The van der Waals surface area contributed by atoms with Crippen LogP contribution in [0.2, 0.25) is 0 Å². The van der Waals surface area contributed by atoms with Crippen molar-refractivity contribution in [2.75, 3.05) is 40.8 Å². The maximum absolute atomic E-state index is 14.0. The molecular formula is C45H49N9O4. The van der Waals surface area contributed by atoms with Crippen LogP contribution in [0.25, 0.3) is 44.4 Å². The number of nitrogens with zero attached hydrogens (tertiary/aromatic N) is 6. The van der Waals surface area contributed by atoms with E-state index in [-0.39, 0.29) is 37.4 Å². The molecule has 0 saturated heterocycles. The minimum absolute atomic E-state index is 0.0878. The summed E-state index contributed by atoms with van der Waals surface area (Å²) < 4.78 is 4.57. The Morgan fingerprint density at radius 1 is 0.793 bits per heavy atom. The van der Waals surface area contributed by atoms with Crippen LogP contribution in [0.4, 0.5) is 4.79 Å². The van der Waals surface area contributed by atoms with Crippen LogP contribution in [-0.2, 0) is 27.4 Å². The molecule has 3 amide bonds. The molecule has 298 valence electrons. The molecule has 0 aliphatic rings. The molecule has 2 unspecified atom stereocenters. The molecule has 0 saturated carbocycles. The lowest BCUT2D eigenvalue weighted by Gasteiger charge is -2.31. The fraction of sp³-hybridized carbons (Fsp3) is 0.289. The average molecular weight is 780 g/mol. The first-order valence-electron chi connectivity index (χ1n) is 19.3. The average Bonchev–Trinajstić information content (AvgIpc) is 3.92. The van der Waals surface area contributed by atoms with E-state index in [0.29, 0.717) is 24.7 Å². The molecule has 13 nitrogen and oxygen atoms in total. The number of nitrogens with one attached hydrogen (secondary N) is 3. The zero-order valence-corrected chi connectivity index (χ0v) is 33.5. The number of alkyl carbamates (subject to hydrolysis) is 1. The highest BCUT2D eigenvalue weighted by Gasteiger charge is 2.29. The Bertz CT molecular complexity index is 2380. The molecule has 2 aromatic heterocycles. The van der Waals surface area contributed by atoms with Crippen molar-refractivity contribution >= 4 is 28.7 Å². The predicted molar refractivity (Wildman–Crippen MR) is 224 cm³/mol. The number of hydrogen-bond donors (Lipinski definition) is 3. The third kappa shape index (κ3) is 9.96. The Balaban J connectivity index is 1.13. The largest absolute Gasteiger partial charge is 0.453 e. The molecule has 4 aromatic carbocycles. The van der Waals surface area contributed by atoms with E-state index in [9.17, 15) is 19.6 Å². The molecule has 0 fully saturated rings. The number of methoxy groups -OCH3 is 1. The summed E-state index contributed by atoms with van der Waals surface area (Å²) in [5.41, 5.74) is 6.66. The molecular weight excluding hydrogens is 731 g/mol. The van der Waals surface area contributed by atoms with Gasteiger partial charge in [-0.25, -0.2) is 14.8 Å². The molecule has 2 atom stereocenters. The third-order valence-corrected chi connectivity index (χ3v) is 9.93. The van der Waals surface area contributed by atoms with E-state index in [0.717, 1.165) is 56.4 Å². The third-order valence-electron chi connectivity index (χ3n) is 9.93. The predicted octanol–water partition coefficient (Wildman–Crippen LogP) is 7.17. The van der Waals surface area contributed by atoms with Crippen LogP contribution in [0.5, 0.6) is 0 Å². The van der Waals surface area contributed by atoms with Gasteiger partial charge in [0.05, 0.1) is 56.0 Å².